The minimum atomic E-state index is -3.56. The largest absolute Gasteiger partial charge is 0.241 e. The Morgan fingerprint density at radius 3 is 2.50 bits per heavy atom. The van der Waals surface area contributed by atoms with E-state index in [2.05, 4.69) is 4.98 Å². The number of nitrogens with two attached hydrogens (primary N) is 1. The summed E-state index contributed by atoms with van der Waals surface area (Å²) in [5, 5.41) is 5.13. The predicted molar refractivity (Wildman–Crippen MR) is 55.5 cm³/mol. The smallest absolute Gasteiger partial charge is 0.213 e. The zero-order chi connectivity index (χ0) is 10.9. The van der Waals surface area contributed by atoms with Crippen LogP contribution in [0.2, 0.25) is 5.15 Å². The molecule has 0 bridgehead atoms. The van der Waals surface area contributed by atoms with Crippen LogP contribution in [0, 0.1) is 13.8 Å². The molecule has 0 aliphatic heterocycles. The highest BCUT2D eigenvalue weighted by atomic mass is 35.5. The summed E-state index contributed by atoms with van der Waals surface area (Å²) in [6.07, 6.45) is 0. The second-order valence-corrected chi connectivity index (χ2v) is 5.13. The summed E-state index contributed by atoms with van der Waals surface area (Å²) in [4.78, 5) is 3.96. The van der Waals surface area contributed by atoms with Gasteiger partial charge in [0.2, 0.25) is 10.0 Å². The maximum absolute atomic E-state index is 10.9. The zero-order valence-corrected chi connectivity index (χ0v) is 9.48. The van der Waals surface area contributed by atoms with Crippen LogP contribution in [0.15, 0.2) is 6.07 Å². The van der Waals surface area contributed by atoms with Crippen molar-refractivity contribution in [2.24, 2.45) is 5.14 Å². The monoisotopic (exact) mass is 234 g/mol. The minimum Gasteiger partial charge on any atom is -0.241 e. The maximum Gasteiger partial charge on any atom is 0.213 e. The van der Waals surface area contributed by atoms with Crippen LogP contribution < -0.4 is 5.14 Å². The van der Waals surface area contributed by atoms with E-state index in [0.717, 1.165) is 11.3 Å². The molecule has 1 rings (SSSR count). The molecule has 1 aromatic rings. The number of nitrogens with zero attached hydrogens (tertiary/aromatic N) is 1. The summed E-state index contributed by atoms with van der Waals surface area (Å²) in [7, 11) is -3.56. The molecule has 1 aromatic heterocycles. The van der Waals surface area contributed by atoms with Gasteiger partial charge in [-0.2, -0.15) is 0 Å². The van der Waals surface area contributed by atoms with E-state index in [4.69, 9.17) is 16.7 Å². The summed E-state index contributed by atoms with van der Waals surface area (Å²) < 4.78 is 21.8. The van der Waals surface area contributed by atoms with E-state index in [-0.39, 0.29) is 10.9 Å². The summed E-state index contributed by atoms with van der Waals surface area (Å²) in [6, 6.07) is 1.77. The van der Waals surface area contributed by atoms with Gasteiger partial charge in [-0.3, -0.25) is 0 Å². The molecule has 78 valence electrons. The topological polar surface area (TPSA) is 73.1 Å². The third-order valence-corrected chi connectivity index (χ3v) is 2.77. The zero-order valence-electron chi connectivity index (χ0n) is 7.91. The van der Waals surface area contributed by atoms with Crippen molar-refractivity contribution in [1.82, 2.24) is 4.98 Å². The fourth-order valence-corrected chi connectivity index (χ4v) is 2.39. The molecule has 14 heavy (non-hydrogen) atoms. The standard InChI is InChI=1S/C8H11ClN2O2S/c1-5-3-6(2)11-8(9)7(5)4-14(10,12)13/h3H,4H2,1-2H3,(H2,10,12,13). The lowest BCUT2D eigenvalue weighted by Gasteiger charge is -2.07. The summed E-state index contributed by atoms with van der Waals surface area (Å²) in [5.74, 6) is -0.273. The number of hydrogen-bond acceptors (Lipinski definition) is 3. The van der Waals surface area contributed by atoms with Gasteiger partial charge in [0, 0.05) is 11.3 Å². The highest BCUT2D eigenvalue weighted by molar-refractivity contribution is 7.88. The van der Waals surface area contributed by atoms with Crippen LogP contribution in [0.5, 0.6) is 0 Å². The fraction of sp³-hybridized carbons (Fsp3) is 0.375. The van der Waals surface area contributed by atoms with Gasteiger partial charge in [0.15, 0.2) is 0 Å². The number of halogens is 1. The molecule has 0 spiro atoms. The first kappa shape index (κ1) is 11.4. The molecular formula is C8H11ClN2O2S. The van der Waals surface area contributed by atoms with Crippen molar-refractivity contribution in [2.75, 3.05) is 0 Å². The molecule has 0 aliphatic carbocycles. The Bertz CT molecular complexity index is 433. The van der Waals surface area contributed by atoms with Crippen molar-refractivity contribution < 1.29 is 8.42 Å². The van der Waals surface area contributed by atoms with Crippen molar-refractivity contribution in [3.8, 4) is 0 Å². The summed E-state index contributed by atoms with van der Waals surface area (Å²) in [6.45, 7) is 3.57. The molecule has 1 heterocycles. The van der Waals surface area contributed by atoms with E-state index in [1.54, 1.807) is 19.9 Å². The summed E-state index contributed by atoms with van der Waals surface area (Å²) in [5.41, 5.74) is 2.02. The lowest BCUT2D eigenvalue weighted by atomic mass is 10.1. The van der Waals surface area contributed by atoms with Crippen LogP contribution in [0.25, 0.3) is 0 Å². The van der Waals surface area contributed by atoms with Gasteiger partial charge >= 0.3 is 0 Å². The number of aryl methyl sites for hydroxylation is 2. The quantitative estimate of drug-likeness (QED) is 0.780. The third-order valence-electron chi connectivity index (χ3n) is 1.77. The van der Waals surface area contributed by atoms with E-state index in [9.17, 15) is 8.42 Å². The average molecular weight is 235 g/mol. The molecule has 0 saturated carbocycles. The van der Waals surface area contributed by atoms with Crippen molar-refractivity contribution in [3.63, 3.8) is 0 Å². The average Bonchev–Trinajstić information content (AvgIpc) is 1.95. The molecule has 0 unspecified atom stereocenters. The Morgan fingerprint density at radius 1 is 1.50 bits per heavy atom. The Balaban J connectivity index is 3.22. The second kappa shape index (κ2) is 3.84. The first-order valence-corrected chi connectivity index (χ1v) is 6.02. The van der Waals surface area contributed by atoms with Crippen molar-refractivity contribution in [1.29, 1.82) is 0 Å². The van der Waals surface area contributed by atoms with Crippen LogP contribution in [-0.2, 0) is 15.8 Å². The van der Waals surface area contributed by atoms with E-state index in [1.807, 2.05) is 0 Å². The second-order valence-electron chi connectivity index (χ2n) is 3.16. The maximum atomic E-state index is 10.9. The molecule has 2 N–H and O–H groups in total. The van der Waals surface area contributed by atoms with E-state index >= 15 is 0 Å². The van der Waals surface area contributed by atoms with Crippen molar-refractivity contribution >= 4 is 21.6 Å². The molecule has 0 radical (unpaired) electrons. The molecule has 0 saturated heterocycles. The van der Waals surface area contributed by atoms with Gasteiger partial charge in [0.05, 0.1) is 5.75 Å². The van der Waals surface area contributed by atoms with Gasteiger partial charge in [-0.1, -0.05) is 11.6 Å². The Hall–Kier alpha value is -0.650. The highest BCUT2D eigenvalue weighted by Crippen LogP contribution is 2.20. The lowest BCUT2D eigenvalue weighted by molar-refractivity contribution is 0.596. The Morgan fingerprint density at radius 2 is 2.07 bits per heavy atom. The number of primary sulfonamides is 1. The third kappa shape index (κ3) is 2.94. The normalized spacial score (nSPS) is 11.7. The molecule has 0 aromatic carbocycles. The van der Waals surface area contributed by atoms with E-state index in [1.165, 1.54) is 0 Å². The predicted octanol–water partition coefficient (Wildman–Crippen LogP) is 1.14. The van der Waals surface area contributed by atoms with Crippen molar-refractivity contribution in [3.05, 3.63) is 28.0 Å². The SMILES string of the molecule is Cc1cc(C)c(CS(N)(=O)=O)c(Cl)n1. The van der Waals surface area contributed by atoms with Crippen molar-refractivity contribution in [2.45, 2.75) is 19.6 Å². The Labute approximate surface area is 88.1 Å². The van der Waals surface area contributed by atoms with Crippen LogP contribution in [0.1, 0.15) is 16.8 Å². The van der Waals surface area contributed by atoms with Gasteiger partial charge in [-0.25, -0.2) is 18.5 Å². The molecule has 0 atom stereocenters. The van der Waals surface area contributed by atoms with E-state index in [0.29, 0.717) is 5.56 Å². The molecule has 6 heteroatoms. The molecular weight excluding hydrogens is 224 g/mol. The minimum absolute atomic E-state index is 0.205. The van der Waals surface area contributed by atoms with Gasteiger partial charge in [0.1, 0.15) is 5.15 Å². The van der Waals surface area contributed by atoms with Crippen LogP contribution in [-0.4, -0.2) is 13.4 Å². The molecule has 0 amide bonds. The highest BCUT2D eigenvalue weighted by Gasteiger charge is 2.12. The van der Waals surface area contributed by atoms with Crippen LogP contribution in [0.3, 0.4) is 0 Å². The molecule has 4 nitrogen and oxygen atoms in total. The number of hydrogen-bond donors (Lipinski definition) is 1. The van der Waals surface area contributed by atoms with Gasteiger partial charge in [-0.05, 0) is 25.5 Å². The lowest BCUT2D eigenvalue weighted by Crippen LogP contribution is -2.16. The first-order valence-electron chi connectivity index (χ1n) is 3.92. The fourth-order valence-electron chi connectivity index (χ4n) is 1.19. The summed E-state index contributed by atoms with van der Waals surface area (Å²) >= 11 is 5.81. The van der Waals surface area contributed by atoms with Gasteiger partial charge in [0.25, 0.3) is 0 Å². The number of rotatable bonds is 2. The molecule has 0 fully saturated rings. The van der Waals surface area contributed by atoms with Gasteiger partial charge in [-0.15, -0.1) is 0 Å². The molecule has 0 aliphatic rings. The van der Waals surface area contributed by atoms with Crippen LogP contribution >= 0.6 is 11.6 Å². The number of sulfonamides is 1. The number of pyridine rings is 1. The Kier molecular flexibility index (Phi) is 3.14. The number of aromatic nitrogens is 1. The van der Waals surface area contributed by atoms with Crippen LogP contribution in [0.4, 0.5) is 0 Å². The first-order chi connectivity index (χ1) is 6.29. The van der Waals surface area contributed by atoms with Gasteiger partial charge < -0.3 is 0 Å². The van der Waals surface area contributed by atoms with E-state index < -0.39 is 10.0 Å².